The molecule has 1 aromatic carbocycles. The van der Waals surface area contributed by atoms with E-state index < -0.39 is 0 Å². The molecule has 1 amide bonds. The Hall–Kier alpha value is -1.35. The SMILES string of the molecule is CC1CCC(NC(=O)Cc2ccc(CN)cc2)C(C)C1. The fourth-order valence-corrected chi connectivity index (χ4v) is 3.12. The van der Waals surface area contributed by atoms with E-state index in [-0.39, 0.29) is 5.91 Å². The van der Waals surface area contributed by atoms with Crippen molar-refractivity contribution >= 4 is 5.91 Å². The second-order valence-electron chi connectivity index (χ2n) is 6.27. The molecule has 2 rings (SSSR count). The lowest BCUT2D eigenvalue weighted by Crippen LogP contribution is -2.43. The number of rotatable bonds is 4. The van der Waals surface area contributed by atoms with Crippen molar-refractivity contribution in [2.24, 2.45) is 17.6 Å². The maximum Gasteiger partial charge on any atom is 0.224 e. The minimum atomic E-state index is 0.136. The molecule has 20 heavy (non-hydrogen) atoms. The van der Waals surface area contributed by atoms with Crippen LogP contribution in [0.25, 0.3) is 0 Å². The number of benzene rings is 1. The normalized spacial score (nSPS) is 26.2. The molecule has 0 radical (unpaired) electrons. The van der Waals surface area contributed by atoms with Gasteiger partial charge in [-0.15, -0.1) is 0 Å². The fraction of sp³-hybridized carbons (Fsp3) is 0.588. The quantitative estimate of drug-likeness (QED) is 0.887. The van der Waals surface area contributed by atoms with E-state index >= 15 is 0 Å². The highest BCUT2D eigenvalue weighted by atomic mass is 16.1. The zero-order chi connectivity index (χ0) is 14.5. The first-order valence-corrected chi connectivity index (χ1v) is 7.65. The maximum absolute atomic E-state index is 12.1. The van der Waals surface area contributed by atoms with Gasteiger partial charge in [-0.2, -0.15) is 0 Å². The predicted molar refractivity (Wildman–Crippen MR) is 82.1 cm³/mol. The minimum absolute atomic E-state index is 0.136. The average Bonchev–Trinajstić information content (AvgIpc) is 2.43. The fourth-order valence-electron chi connectivity index (χ4n) is 3.12. The molecule has 1 fully saturated rings. The van der Waals surface area contributed by atoms with E-state index in [9.17, 15) is 4.79 Å². The number of carbonyl (C=O) groups excluding carboxylic acids is 1. The van der Waals surface area contributed by atoms with Gasteiger partial charge in [0.2, 0.25) is 5.91 Å². The van der Waals surface area contributed by atoms with Gasteiger partial charge in [-0.3, -0.25) is 4.79 Å². The van der Waals surface area contributed by atoms with E-state index in [1.54, 1.807) is 0 Å². The van der Waals surface area contributed by atoms with Crippen LogP contribution in [0.4, 0.5) is 0 Å². The molecule has 110 valence electrons. The van der Waals surface area contributed by atoms with Crippen LogP contribution in [0.1, 0.15) is 44.2 Å². The molecule has 3 nitrogen and oxygen atoms in total. The summed E-state index contributed by atoms with van der Waals surface area (Å²) in [5.41, 5.74) is 7.73. The van der Waals surface area contributed by atoms with Crippen molar-refractivity contribution in [2.75, 3.05) is 0 Å². The number of amides is 1. The number of nitrogens with one attached hydrogen (secondary N) is 1. The number of carbonyl (C=O) groups is 1. The van der Waals surface area contributed by atoms with Gasteiger partial charge in [-0.05, 0) is 42.2 Å². The van der Waals surface area contributed by atoms with Crippen molar-refractivity contribution in [1.29, 1.82) is 0 Å². The van der Waals surface area contributed by atoms with Gasteiger partial charge < -0.3 is 11.1 Å². The Balaban J connectivity index is 1.85. The van der Waals surface area contributed by atoms with E-state index in [1.165, 1.54) is 12.8 Å². The zero-order valence-corrected chi connectivity index (χ0v) is 12.6. The smallest absolute Gasteiger partial charge is 0.224 e. The molecule has 1 aliphatic rings. The first-order chi connectivity index (χ1) is 9.58. The zero-order valence-electron chi connectivity index (χ0n) is 12.6. The van der Waals surface area contributed by atoms with Crippen LogP contribution in [-0.2, 0) is 17.8 Å². The molecule has 0 saturated heterocycles. The first kappa shape index (κ1) is 15.0. The van der Waals surface area contributed by atoms with E-state index in [0.717, 1.165) is 23.5 Å². The Morgan fingerprint density at radius 1 is 1.20 bits per heavy atom. The summed E-state index contributed by atoms with van der Waals surface area (Å²) in [7, 11) is 0. The second-order valence-corrected chi connectivity index (χ2v) is 6.27. The Labute approximate surface area is 121 Å². The highest BCUT2D eigenvalue weighted by molar-refractivity contribution is 5.78. The molecule has 1 aromatic rings. The molecular weight excluding hydrogens is 248 g/mol. The molecule has 0 spiro atoms. The van der Waals surface area contributed by atoms with Gasteiger partial charge >= 0.3 is 0 Å². The van der Waals surface area contributed by atoms with E-state index in [0.29, 0.717) is 24.9 Å². The van der Waals surface area contributed by atoms with Crippen LogP contribution >= 0.6 is 0 Å². The first-order valence-electron chi connectivity index (χ1n) is 7.65. The van der Waals surface area contributed by atoms with Gasteiger partial charge in [0.1, 0.15) is 0 Å². The monoisotopic (exact) mass is 274 g/mol. The van der Waals surface area contributed by atoms with Crippen LogP contribution in [0.2, 0.25) is 0 Å². The number of hydrogen-bond donors (Lipinski definition) is 2. The Morgan fingerprint density at radius 3 is 2.45 bits per heavy atom. The number of nitrogens with two attached hydrogens (primary N) is 1. The molecule has 0 bridgehead atoms. The van der Waals surface area contributed by atoms with Crippen LogP contribution < -0.4 is 11.1 Å². The Morgan fingerprint density at radius 2 is 1.85 bits per heavy atom. The lowest BCUT2D eigenvalue weighted by Gasteiger charge is -2.33. The molecule has 0 aromatic heterocycles. The van der Waals surface area contributed by atoms with Gasteiger partial charge in [0.15, 0.2) is 0 Å². The summed E-state index contributed by atoms with van der Waals surface area (Å²) < 4.78 is 0. The summed E-state index contributed by atoms with van der Waals surface area (Å²) in [5, 5.41) is 3.20. The van der Waals surface area contributed by atoms with Crippen LogP contribution in [0.3, 0.4) is 0 Å². The number of hydrogen-bond acceptors (Lipinski definition) is 2. The van der Waals surface area contributed by atoms with Crippen molar-refractivity contribution in [3.8, 4) is 0 Å². The summed E-state index contributed by atoms with van der Waals surface area (Å²) >= 11 is 0. The third kappa shape index (κ3) is 4.07. The lowest BCUT2D eigenvalue weighted by molar-refractivity contribution is -0.121. The largest absolute Gasteiger partial charge is 0.353 e. The van der Waals surface area contributed by atoms with Gasteiger partial charge in [-0.1, -0.05) is 38.1 Å². The van der Waals surface area contributed by atoms with Crippen molar-refractivity contribution in [2.45, 2.75) is 52.1 Å². The van der Waals surface area contributed by atoms with E-state index in [2.05, 4.69) is 19.2 Å². The third-order valence-electron chi connectivity index (χ3n) is 4.40. The third-order valence-corrected chi connectivity index (χ3v) is 4.40. The van der Waals surface area contributed by atoms with Gasteiger partial charge in [0, 0.05) is 12.6 Å². The van der Waals surface area contributed by atoms with Crippen molar-refractivity contribution in [3.63, 3.8) is 0 Å². The summed E-state index contributed by atoms with van der Waals surface area (Å²) in [6, 6.07) is 8.32. The topological polar surface area (TPSA) is 55.1 Å². The molecular formula is C17H26N2O. The molecule has 3 unspecified atom stereocenters. The summed E-state index contributed by atoms with van der Waals surface area (Å²) in [6.45, 7) is 5.09. The average molecular weight is 274 g/mol. The van der Waals surface area contributed by atoms with Crippen molar-refractivity contribution in [3.05, 3.63) is 35.4 Å². The molecule has 1 saturated carbocycles. The van der Waals surface area contributed by atoms with Crippen LogP contribution in [0.5, 0.6) is 0 Å². The van der Waals surface area contributed by atoms with Gasteiger partial charge in [-0.25, -0.2) is 0 Å². The second kappa shape index (κ2) is 6.89. The molecule has 0 heterocycles. The molecule has 3 N–H and O–H groups in total. The van der Waals surface area contributed by atoms with Crippen molar-refractivity contribution < 1.29 is 4.79 Å². The molecule has 0 aliphatic heterocycles. The Kier molecular flexibility index (Phi) is 5.18. The highest BCUT2D eigenvalue weighted by Crippen LogP contribution is 2.28. The summed E-state index contributed by atoms with van der Waals surface area (Å²) in [4.78, 5) is 12.1. The maximum atomic E-state index is 12.1. The van der Waals surface area contributed by atoms with Crippen LogP contribution in [0, 0.1) is 11.8 Å². The Bertz CT molecular complexity index is 441. The van der Waals surface area contributed by atoms with Crippen LogP contribution in [0.15, 0.2) is 24.3 Å². The minimum Gasteiger partial charge on any atom is -0.353 e. The van der Waals surface area contributed by atoms with Crippen molar-refractivity contribution in [1.82, 2.24) is 5.32 Å². The standard InChI is InChI=1S/C17H26N2O/c1-12-3-8-16(13(2)9-12)19-17(20)10-14-4-6-15(11-18)7-5-14/h4-7,12-13,16H,3,8-11,18H2,1-2H3,(H,19,20). The lowest BCUT2D eigenvalue weighted by atomic mass is 9.80. The van der Waals surface area contributed by atoms with Gasteiger partial charge in [0.05, 0.1) is 6.42 Å². The van der Waals surface area contributed by atoms with Gasteiger partial charge in [0.25, 0.3) is 0 Å². The summed E-state index contributed by atoms with van der Waals surface area (Å²) in [5.74, 6) is 1.51. The summed E-state index contributed by atoms with van der Waals surface area (Å²) in [6.07, 6.45) is 4.01. The van der Waals surface area contributed by atoms with Crippen LogP contribution in [-0.4, -0.2) is 11.9 Å². The molecule has 3 heteroatoms. The van der Waals surface area contributed by atoms with E-state index in [1.807, 2.05) is 24.3 Å². The highest BCUT2D eigenvalue weighted by Gasteiger charge is 2.26. The molecule has 1 aliphatic carbocycles. The molecule has 3 atom stereocenters. The predicted octanol–water partition coefficient (Wildman–Crippen LogP) is 2.63. The van der Waals surface area contributed by atoms with E-state index in [4.69, 9.17) is 5.73 Å².